The molecule has 0 unspecified atom stereocenters. The van der Waals surface area contributed by atoms with E-state index in [0.29, 0.717) is 18.3 Å². The second-order valence-corrected chi connectivity index (χ2v) is 7.18. The number of hydrogen-bond acceptors (Lipinski definition) is 5. The maximum atomic E-state index is 12.2. The number of aromatic nitrogens is 1. The fourth-order valence-corrected chi connectivity index (χ4v) is 3.11. The molecule has 0 aliphatic rings. The fourth-order valence-electron chi connectivity index (χ4n) is 2.41. The van der Waals surface area contributed by atoms with Gasteiger partial charge in [-0.25, -0.2) is 4.98 Å². The van der Waals surface area contributed by atoms with Crippen LogP contribution < -0.4 is 10.1 Å². The van der Waals surface area contributed by atoms with E-state index in [1.165, 1.54) is 11.8 Å². The summed E-state index contributed by atoms with van der Waals surface area (Å²) in [5.41, 5.74) is 2.21. The molecule has 0 spiro atoms. The van der Waals surface area contributed by atoms with Crippen molar-refractivity contribution in [2.75, 3.05) is 17.7 Å². The highest BCUT2D eigenvalue weighted by molar-refractivity contribution is 8.00. The largest absolute Gasteiger partial charge is 0.494 e. The Balaban J connectivity index is 1.58. The minimum Gasteiger partial charge on any atom is -0.494 e. The van der Waals surface area contributed by atoms with Gasteiger partial charge in [0.25, 0.3) is 0 Å². The molecule has 0 aliphatic heterocycles. The van der Waals surface area contributed by atoms with Crippen LogP contribution in [0.4, 0.5) is 5.69 Å². The number of carbonyl (C=O) groups excluding carboxylic acids is 1. The molecule has 26 heavy (non-hydrogen) atoms. The van der Waals surface area contributed by atoms with Gasteiger partial charge < -0.3 is 14.5 Å². The first-order valence-electron chi connectivity index (χ1n) is 8.61. The first-order chi connectivity index (χ1) is 12.5. The van der Waals surface area contributed by atoms with Crippen molar-refractivity contribution in [3.05, 3.63) is 48.4 Å². The number of thioether (sulfide) groups is 1. The summed E-state index contributed by atoms with van der Waals surface area (Å²) < 4.78 is 11.1. The summed E-state index contributed by atoms with van der Waals surface area (Å²) in [5.74, 6) is 2.04. The number of nitrogens with zero attached hydrogens (tertiary/aromatic N) is 1. The summed E-state index contributed by atoms with van der Waals surface area (Å²) in [6.45, 7) is 6.66. The van der Waals surface area contributed by atoms with Crippen LogP contribution in [0.3, 0.4) is 0 Å². The third-order valence-electron chi connectivity index (χ3n) is 3.69. The lowest BCUT2D eigenvalue weighted by molar-refractivity contribution is -0.113. The van der Waals surface area contributed by atoms with Gasteiger partial charge in [-0.3, -0.25) is 4.79 Å². The van der Waals surface area contributed by atoms with Crippen molar-refractivity contribution >= 4 is 34.5 Å². The summed E-state index contributed by atoms with van der Waals surface area (Å²) in [4.78, 5) is 17.7. The van der Waals surface area contributed by atoms with Crippen LogP contribution in [0.5, 0.6) is 5.75 Å². The first-order valence-corrected chi connectivity index (χ1v) is 9.59. The van der Waals surface area contributed by atoms with E-state index in [-0.39, 0.29) is 11.8 Å². The Kier molecular flexibility index (Phi) is 5.83. The Labute approximate surface area is 157 Å². The standard InChI is InChI=1S/C20H22N2O3S/c1-4-24-15-6-8-16(9-7-15)26-12-19(23)21-14-5-10-18-17(11-14)22-20(25-18)13(2)3/h5-11,13H,4,12H2,1-3H3,(H,21,23). The highest BCUT2D eigenvalue weighted by atomic mass is 32.2. The summed E-state index contributed by atoms with van der Waals surface area (Å²) in [6.07, 6.45) is 0. The van der Waals surface area contributed by atoms with Crippen LogP contribution >= 0.6 is 11.8 Å². The van der Waals surface area contributed by atoms with Crippen molar-refractivity contribution in [3.63, 3.8) is 0 Å². The predicted molar refractivity (Wildman–Crippen MR) is 105 cm³/mol. The van der Waals surface area contributed by atoms with Gasteiger partial charge in [0, 0.05) is 16.5 Å². The molecule has 2 aromatic carbocycles. The van der Waals surface area contributed by atoms with E-state index in [2.05, 4.69) is 10.3 Å². The van der Waals surface area contributed by atoms with Gasteiger partial charge in [0.2, 0.25) is 5.91 Å². The molecule has 0 saturated carbocycles. The number of nitrogens with one attached hydrogen (secondary N) is 1. The Morgan fingerprint density at radius 1 is 1.23 bits per heavy atom. The highest BCUT2D eigenvalue weighted by Crippen LogP contribution is 2.25. The van der Waals surface area contributed by atoms with E-state index < -0.39 is 0 Å². The van der Waals surface area contributed by atoms with Crippen molar-refractivity contribution in [1.82, 2.24) is 4.98 Å². The van der Waals surface area contributed by atoms with Crippen molar-refractivity contribution in [3.8, 4) is 5.75 Å². The van der Waals surface area contributed by atoms with Crippen LogP contribution in [0.2, 0.25) is 0 Å². The van der Waals surface area contributed by atoms with Crippen LogP contribution in [-0.4, -0.2) is 23.3 Å². The lowest BCUT2D eigenvalue weighted by Crippen LogP contribution is -2.13. The summed E-state index contributed by atoms with van der Waals surface area (Å²) in [6, 6.07) is 13.2. The number of oxazole rings is 1. The molecule has 0 bridgehead atoms. The maximum Gasteiger partial charge on any atom is 0.234 e. The van der Waals surface area contributed by atoms with Gasteiger partial charge in [0.1, 0.15) is 11.3 Å². The molecule has 1 heterocycles. The molecule has 6 heteroatoms. The van der Waals surface area contributed by atoms with Crippen LogP contribution in [0.15, 0.2) is 51.8 Å². The van der Waals surface area contributed by atoms with E-state index >= 15 is 0 Å². The Bertz CT molecular complexity index is 888. The monoisotopic (exact) mass is 370 g/mol. The topological polar surface area (TPSA) is 64.4 Å². The van der Waals surface area contributed by atoms with E-state index in [1.54, 1.807) is 0 Å². The maximum absolute atomic E-state index is 12.2. The van der Waals surface area contributed by atoms with Gasteiger partial charge >= 0.3 is 0 Å². The van der Waals surface area contributed by atoms with Gasteiger partial charge in [0.05, 0.1) is 12.4 Å². The molecule has 1 amide bonds. The number of hydrogen-bond donors (Lipinski definition) is 1. The molecule has 136 valence electrons. The SMILES string of the molecule is CCOc1ccc(SCC(=O)Nc2ccc3oc(C(C)C)nc3c2)cc1. The molecule has 1 aromatic heterocycles. The fraction of sp³-hybridized carbons (Fsp3) is 0.300. The smallest absolute Gasteiger partial charge is 0.234 e. The molecular weight excluding hydrogens is 348 g/mol. The normalized spacial score (nSPS) is 11.1. The van der Waals surface area contributed by atoms with Crippen LogP contribution in [-0.2, 0) is 4.79 Å². The number of rotatable bonds is 7. The lowest BCUT2D eigenvalue weighted by atomic mass is 10.2. The number of ether oxygens (including phenoxy) is 1. The molecule has 1 N–H and O–H groups in total. The zero-order valence-electron chi connectivity index (χ0n) is 15.1. The molecule has 5 nitrogen and oxygen atoms in total. The van der Waals surface area contributed by atoms with Crippen LogP contribution in [0.25, 0.3) is 11.1 Å². The van der Waals surface area contributed by atoms with E-state index in [1.807, 2.05) is 63.2 Å². The average molecular weight is 370 g/mol. The van der Waals surface area contributed by atoms with E-state index in [4.69, 9.17) is 9.15 Å². The Hall–Kier alpha value is -2.47. The number of fused-ring (bicyclic) bond motifs is 1. The molecule has 0 saturated heterocycles. The molecular formula is C20H22N2O3S. The lowest BCUT2D eigenvalue weighted by Gasteiger charge is -2.06. The number of amides is 1. The second kappa shape index (κ2) is 8.27. The van der Waals surface area contributed by atoms with Gasteiger partial charge in [-0.15, -0.1) is 11.8 Å². The van der Waals surface area contributed by atoms with Crippen molar-refractivity contribution < 1.29 is 13.9 Å². The quantitative estimate of drug-likeness (QED) is 0.588. The van der Waals surface area contributed by atoms with E-state index in [9.17, 15) is 4.79 Å². The minimum atomic E-state index is -0.0594. The van der Waals surface area contributed by atoms with Gasteiger partial charge in [-0.2, -0.15) is 0 Å². The van der Waals surface area contributed by atoms with Gasteiger partial charge in [-0.1, -0.05) is 13.8 Å². The third kappa shape index (κ3) is 4.58. The predicted octanol–water partition coefficient (Wildman–Crippen LogP) is 5.08. The van der Waals surface area contributed by atoms with Crippen LogP contribution in [0.1, 0.15) is 32.6 Å². The molecule has 0 fully saturated rings. The van der Waals surface area contributed by atoms with Gasteiger partial charge in [0.15, 0.2) is 11.5 Å². The Morgan fingerprint density at radius 2 is 2.00 bits per heavy atom. The van der Waals surface area contributed by atoms with Crippen molar-refractivity contribution in [2.45, 2.75) is 31.6 Å². The summed E-state index contributed by atoms with van der Waals surface area (Å²) in [5, 5.41) is 2.91. The molecule has 3 aromatic rings. The number of carbonyl (C=O) groups is 1. The zero-order valence-corrected chi connectivity index (χ0v) is 15.9. The summed E-state index contributed by atoms with van der Waals surface area (Å²) in [7, 11) is 0. The van der Waals surface area contributed by atoms with Crippen molar-refractivity contribution in [2.24, 2.45) is 0 Å². The highest BCUT2D eigenvalue weighted by Gasteiger charge is 2.11. The summed E-state index contributed by atoms with van der Waals surface area (Å²) >= 11 is 1.48. The number of benzene rings is 2. The number of anilines is 1. The minimum absolute atomic E-state index is 0.0594. The zero-order chi connectivity index (χ0) is 18.5. The van der Waals surface area contributed by atoms with Crippen molar-refractivity contribution in [1.29, 1.82) is 0 Å². The molecule has 0 atom stereocenters. The Morgan fingerprint density at radius 3 is 2.69 bits per heavy atom. The second-order valence-electron chi connectivity index (χ2n) is 6.13. The average Bonchev–Trinajstić information content (AvgIpc) is 3.05. The van der Waals surface area contributed by atoms with E-state index in [0.717, 1.165) is 27.4 Å². The molecule has 0 radical (unpaired) electrons. The molecule has 3 rings (SSSR count). The van der Waals surface area contributed by atoms with Gasteiger partial charge in [-0.05, 0) is 49.4 Å². The third-order valence-corrected chi connectivity index (χ3v) is 4.70. The first kappa shape index (κ1) is 18.3. The van der Waals surface area contributed by atoms with Crippen LogP contribution in [0, 0.1) is 0 Å². The molecule has 0 aliphatic carbocycles.